The standard InChI is InChI=1S/C10H20N2O/c1-3-4-5-8-12-9-6-7-10(13)11-2/h3-4,12H,5-9H2,1-2H3,(H,11,13)/b4-3+. The Kier molecular flexibility index (Phi) is 8.67. The summed E-state index contributed by atoms with van der Waals surface area (Å²) in [6, 6.07) is 0. The summed E-state index contributed by atoms with van der Waals surface area (Å²) in [5.41, 5.74) is 0. The highest BCUT2D eigenvalue weighted by Crippen LogP contribution is 1.86. The third kappa shape index (κ3) is 9.08. The summed E-state index contributed by atoms with van der Waals surface area (Å²) in [6.45, 7) is 3.94. The van der Waals surface area contributed by atoms with E-state index >= 15 is 0 Å². The molecule has 0 bridgehead atoms. The van der Waals surface area contributed by atoms with Gasteiger partial charge in [0.15, 0.2) is 0 Å². The average Bonchev–Trinajstić information content (AvgIpc) is 2.16. The Balaban J connectivity index is 3.03. The minimum Gasteiger partial charge on any atom is -0.359 e. The van der Waals surface area contributed by atoms with Crippen LogP contribution in [0.15, 0.2) is 12.2 Å². The summed E-state index contributed by atoms with van der Waals surface area (Å²) in [5, 5.41) is 5.87. The molecular weight excluding hydrogens is 164 g/mol. The number of rotatable bonds is 7. The van der Waals surface area contributed by atoms with E-state index in [0.717, 1.165) is 25.9 Å². The van der Waals surface area contributed by atoms with Crippen molar-refractivity contribution in [2.75, 3.05) is 20.1 Å². The van der Waals surface area contributed by atoms with Crippen molar-refractivity contribution in [3.05, 3.63) is 12.2 Å². The van der Waals surface area contributed by atoms with Crippen LogP contribution >= 0.6 is 0 Å². The van der Waals surface area contributed by atoms with Gasteiger partial charge in [-0.15, -0.1) is 0 Å². The zero-order chi connectivity index (χ0) is 9.94. The van der Waals surface area contributed by atoms with E-state index in [4.69, 9.17) is 0 Å². The predicted molar refractivity (Wildman–Crippen MR) is 55.6 cm³/mol. The lowest BCUT2D eigenvalue weighted by Gasteiger charge is -2.01. The Labute approximate surface area is 80.6 Å². The van der Waals surface area contributed by atoms with Crippen LogP contribution in [0.1, 0.15) is 26.2 Å². The van der Waals surface area contributed by atoms with E-state index in [1.165, 1.54) is 0 Å². The molecule has 0 saturated heterocycles. The molecule has 0 heterocycles. The van der Waals surface area contributed by atoms with Crippen LogP contribution in [0.2, 0.25) is 0 Å². The highest BCUT2D eigenvalue weighted by molar-refractivity contribution is 5.75. The molecule has 0 atom stereocenters. The molecule has 3 heteroatoms. The van der Waals surface area contributed by atoms with Crippen LogP contribution in [0.5, 0.6) is 0 Å². The van der Waals surface area contributed by atoms with Crippen molar-refractivity contribution >= 4 is 5.91 Å². The van der Waals surface area contributed by atoms with Crippen molar-refractivity contribution in [3.8, 4) is 0 Å². The molecule has 2 N–H and O–H groups in total. The first kappa shape index (κ1) is 12.2. The van der Waals surface area contributed by atoms with Crippen LogP contribution in [-0.2, 0) is 4.79 Å². The highest BCUT2D eigenvalue weighted by atomic mass is 16.1. The summed E-state index contributed by atoms with van der Waals surface area (Å²) in [5.74, 6) is 0.121. The van der Waals surface area contributed by atoms with Crippen molar-refractivity contribution in [3.63, 3.8) is 0 Å². The van der Waals surface area contributed by atoms with E-state index in [1.807, 2.05) is 13.0 Å². The van der Waals surface area contributed by atoms with Crippen molar-refractivity contribution < 1.29 is 4.79 Å². The molecule has 0 aromatic rings. The van der Waals surface area contributed by atoms with Gasteiger partial charge in [-0.3, -0.25) is 4.79 Å². The summed E-state index contributed by atoms with van der Waals surface area (Å²) in [7, 11) is 1.67. The highest BCUT2D eigenvalue weighted by Gasteiger charge is 1.95. The first-order valence-corrected chi connectivity index (χ1v) is 4.83. The van der Waals surface area contributed by atoms with Crippen LogP contribution < -0.4 is 10.6 Å². The second kappa shape index (κ2) is 9.26. The fourth-order valence-corrected chi connectivity index (χ4v) is 0.976. The molecular formula is C10H20N2O. The Morgan fingerprint density at radius 1 is 1.38 bits per heavy atom. The maximum atomic E-state index is 10.8. The molecule has 13 heavy (non-hydrogen) atoms. The molecule has 0 aromatic heterocycles. The van der Waals surface area contributed by atoms with Crippen LogP contribution in [0.4, 0.5) is 0 Å². The average molecular weight is 184 g/mol. The van der Waals surface area contributed by atoms with Gasteiger partial charge in [0.05, 0.1) is 0 Å². The summed E-state index contributed by atoms with van der Waals surface area (Å²) < 4.78 is 0. The van der Waals surface area contributed by atoms with E-state index in [0.29, 0.717) is 6.42 Å². The molecule has 1 amide bonds. The van der Waals surface area contributed by atoms with Crippen LogP contribution in [0.3, 0.4) is 0 Å². The van der Waals surface area contributed by atoms with E-state index in [1.54, 1.807) is 7.05 Å². The number of nitrogens with one attached hydrogen (secondary N) is 2. The van der Waals surface area contributed by atoms with Gasteiger partial charge in [-0.05, 0) is 32.9 Å². The molecule has 0 unspecified atom stereocenters. The lowest BCUT2D eigenvalue weighted by molar-refractivity contribution is -0.120. The number of carbonyl (C=O) groups excluding carboxylic acids is 1. The lowest BCUT2D eigenvalue weighted by Crippen LogP contribution is -2.21. The smallest absolute Gasteiger partial charge is 0.219 e. The zero-order valence-electron chi connectivity index (χ0n) is 8.60. The fraction of sp³-hybridized carbons (Fsp3) is 0.700. The lowest BCUT2D eigenvalue weighted by atomic mass is 10.3. The van der Waals surface area contributed by atoms with E-state index < -0.39 is 0 Å². The second-order valence-electron chi connectivity index (χ2n) is 2.88. The molecule has 0 saturated carbocycles. The van der Waals surface area contributed by atoms with Crippen molar-refractivity contribution in [1.82, 2.24) is 10.6 Å². The normalized spacial score (nSPS) is 10.6. The number of hydrogen-bond acceptors (Lipinski definition) is 2. The van der Waals surface area contributed by atoms with Gasteiger partial charge < -0.3 is 10.6 Å². The summed E-state index contributed by atoms with van der Waals surface area (Å²) >= 11 is 0. The summed E-state index contributed by atoms with van der Waals surface area (Å²) in [6.07, 6.45) is 6.77. The van der Waals surface area contributed by atoms with Crippen LogP contribution in [-0.4, -0.2) is 26.0 Å². The maximum absolute atomic E-state index is 10.8. The summed E-state index contributed by atoms with van der Waals surface area (Å²) in [4.78, 5) is 10.8. The molecule has 3 nitrogen and oxygen atoms in total. The topological polar surface area (TPSA) is 41.1 Å². The molecule has 0 aliphatic heterocycles. The number of carbonyl (C=O) groups is 1. The second-order valence-corrected chi connectivity index (χ2v) is 2.88. The largest absolute Gasteiger partial charge is 0.359 e. The molecule has 76 valence electrons. The zero-order valence-corrected chi connectivity index (χ0v) is 8.60. The first-order chi connectivity index (χ1) is 6.31. The van der Waals surface area contributed by atoms with Gasteiger partial charge in [0.1, 0.15) is 0 Å². The monoisotopic (exact) mass is 184 g/mol. The quantitative estimate of drug-likeness (QED) is 0.459. The van der Waals surface area contributed by atoms with Crippen molar-refractivity contribution in [1.29, 1.82) is 0 Å². The third-order valence-corrected chi connectivity index (χ3v) is 1.76. The fourth-order valence-electron chi connectivity index (χ4n) is 0.976. The van der Waals surface area contributed by atoms with Gasteiger partial charge >= 0.3 is 0 Å². The molecule has 0 aliphatic rings. The Morgan fingerprint density at radius 2 is 2.15 bits per heavy atom. The van der Waals surface area contributed by atoms with E-state index in [2.05, 4.69) is 16.7 Å². The molecule has 0 spiro atoms. The SMILES string of the molecule is C/C=C/CCNCCCC(=O)NC. The molecule has 0 fully saturated rings. The molecule has 0 rings (SSSR count). The van der Waals surface area contributed by atoms with Gasteiger partial charge in [0.25, 0.3) is 0 Å². The van der Waals surface area contributed by atoms with Gasteiger partial charge in [0, 0.05) is 13.5 Å². The maximum Gasteiger partial charge on any atom is 0.219 e. The third-order valence-electron chi connectivity index (χ3n) is 1.76. The minimum atomic E-state index is 0.121. The van der Waals surface area contributed by atoms with Crippen LogP contribution in [0, 0.1) is 0 Å². The Hall–Kier alpha value is -0.830. The first-order valence-electron chi connectivity index (χ1n) is 4.83. The van der Waals surface area contributed by atoms with Gasteiger partial charge in [0.2, 0.25) is 5.91 Å². The van der Waals surface area contributed by atoms with E-state index in [9.17, 15) is 4.79 Å². The number of amides is 1. The number of hydrogen-bond donors (Lipinski definition) is 2. The van der Waals surface area contributed by atoms with Gasteiger partial charge in [-0.25, -0.2) is 0 Å². The Morgan fingerprint density at radius 3 is 2.77 bits per heavy atom. The van der Waals surface area contributed by atoms with Crippen molar-refractivity contribution in [2.45, 2.75) is 26.2 Å². The number of allylic oxidation sites excluding steroid dienone is 1. The van der Waals surface area contributed by atoms with Gasteiger partial charge in [-0.2, -0.15) is 0 Å². The molecule has 0 radical (unpaired) electrons. The Bertz CT molecular complexity index is 155. The molecule has 0 aromatic carbocycles. The predicted octanol–water partition coefficient (Wildman–Crippen LogP) is 1.07. The van der Waals surface area contributed by atoms with Crippen molar-refractivity contribution in [2.24, 2.45) is 0 Å². The minimum absolute atomic E-state index is 0.121. The van der Waals surface area contributed by atoms with Crippen LogP contribution in [0.25, 0.3) is 0 Å². The van der Waals surface area contributed by atoms with E-state index in [-0.39, 0.29) is 5.91 Å². The van der Waals surface area contributed by atoms with Gasteiger partial charge in [-0.1, -0.05) is 12.2 Å². The molecule has 0 aliphatic carbocycles.